The Morgan fingerprint density at radius 1 is 1.30 bits per heavy atom. The Kier molecular flexibility index (Phi) is 4.98. The van der Waals surface area contributed by atoms with Crippen molar-refractivity contribution >= 4 is 23.5 Å². The fraction of sp³-hybridized carbons (Fsp3) is 0.429. The van der Waals surface area contributed by atoms with Gasteiger partial charge in [-0.1, -0.05) is 30.7 Å². The predicted molar refractivity (Wildman–Crippen MR) is 75.4 cm³/mol. The van der Waals surface area contributed by atoms with Gasteiger partial charge < -0.3 is 10.1 Å². The molecule has 1 saturated heterocycles. The number of rotatable bonds is 6. The molecule has 1 fully saturated rings. The van der Waals surface area contributed by atoms with Gasteiger partial charge in [-0.2, -0.15) is 0 Å². The molecule has 0 radical (unpaired) electrons. The molecule has 6 heteroatoms. The van der Waals surface area contributed by atoms with Crippen LogP contribution in [0.4, 0.5) is 4.79 Å². The monoisotopic (exact) mass is 296 g/mol. The van der Waals surface area contributed by atoms with Crippen LogP contribution in [-0.2, 0) is 16.1 Å². The summed E-state index contributed by atoms with van der Waals surface area (Å²) >= 11 is 5.79. The number of nitrogens with one attached hydrogen (secondary N) is 1. The molecule has 20 heavy (non-hydrogen) atoms. The number of carbonyl (C=O) groups excluding carboxylic acids is 2. The van der Waals surface area contributed by atoms with Gasteiger partial charge in [0.2, 0.25) is 0 Å². The molecular weight excluding hydrogens is 280 g/mol. The number of nitrogens with zero attached hydrogens (tertiary/aromatic N) is 1. The standard InChI is InChI=1S/C14H17ClN2O3/c1-2-12-13(18)17(14(19)16-12)7-8-20-9-10-3-5-11(15)6-4-10/h3-6,12H,2,7-9H2,1H3,(H,16,19)/t12-/m0/s1. The van der Waals surface area contributed by atoms with Crippen LogP contribution in [0.5, 0.6) is 0 Å². The highest BCUT2D eigenvalue weighted by molar-refractivity contribution is 6.30. The van der Waals surface area contributed by atoms with E-state index in [2.05, 4.69) is 5.32 Å². The van der Waals surface area contributed by atoms with E-state index in [0.717, 1.165) is 5.56 Å². The first-order valence-electron chi connectivity index (χ1n) is 6.56. The maximum Gasteiger partial charge on any atom is 0.324 e. The van der Waals surface area contributed by atoms with Crippen LogP contribution in [0.3, 0.4) is 0 Å². The van der Waals surface area contributed by atoms with E-state index in [1.165, 1.54) is 4.90 Å². The van der Waals surface area contributed by atoms with Crippen LogP contribution < -0.4 is 5.32 Å². The Hall–Kier alpha value is -1.59. The van der Waals surface area contributed by atoms with Crippen molar-refractivity contribution in [3.63, 3.8) is 0 Å². The normalized spacial score (nSPS) is 18.5. The molecular formula is C14H17ClN2O3. The molecule has 1 aliphatic heterocycles. The van der Waals surface area contributed by atoms with E-state index in [0.29, 0.717) is 24.7 Å². The van der Waals surface area contributed by atoms with E-state index < -0.39 is 6.04 Å². The second kappa shape index (κ2) is 6.72. The molecule has 1 heterocycles. The predicted octanol–water partition coefficient (Wildman–Crippen LogP) is 2.19. The average Bonchev–Trinajstić information content (AvgIpc) is 2.72. The third-order valence-corrected chi connectivity index (χ3v) is 3.41. The van der Waals surface area contributed by atoms with Crippen LogP contribution in [0.2, 0.25) is 5.02 Å². The number of hydrogen-bond donors (Lipinski definition) is 1. The van der Waals surface area contributed by atoms with Crippen LogP contribution in [-0.4, -0.2) is 36.0 Å². The second-order valence-corrected chi connectivity index (χ2v) is 5.02. The van der Waals surface area contributed by atoms with Crippen molar-refractivity contribution in [3.8, 4) is 0 Å². The third kappa shape index (κ3) is 3.49. The summed E-state index contributed by atoms with van der Waals surface area (Å²) < 4.78 is 5.47. The average molecular weight is 297 g/mol. The van der Waals surface area contributed by atoms with Gasteiger partial charge in [0.05, 0.1) is 19.8 Å². The van der Waals surface area contributed by atoms with Crippen molar-refractivity contribution in [1.29, 1.82) is 0 Å². The minimum absolute atomic E-state index is 0.174. The van der Waals surface area contributed by atoms with Crippen LogP contribution in [0.15, 0.2) is 24.3 Å². The van der Waals surface area contributed by atoms with Crippen molar-refractivity contribution in [2.45, 2.75) is 26.0 Å². The molecule has 2 rings (SSSR count). The Labute approximate surface area is 122 Å². The molecule has 5 nitrogen and oxygen atoms in total. The van der Waals surface area contributed by atoms with Crippen LogP contribution in [0, 0.1) is 0 Å². The summed E-state index contributed by atoms with van der Waals surface area (Å²) in [5.41, 5.74) is 0.998. The van der Waals surface area contributed by atoms with Gasteiger partial charge in [0.1, 0.15) is 6.04 Å². The Bertz CT molecular complexity index is 490. The summed E-state index contributed by atoms with van der Waals surface area (Å²) in [5.74, 6) is -0.174. The first-order valence-corrected chi connectivity index (χ1v) is 6.93. The Morgan fingerprint density at radius 2 is 2.00 bits per heavy atom. The summed E-state index contributed by atoms with van der Waals surface area (Å²) in [7, 11) is 0. The minimum Gasteiger partial charge on any atom is -0.375 e. The summed E-state index contributed by atoms with van der Waals surface area (Å²) in [6.45, 7) is 2.88. The van der Waals surface area contributed by atoms with E-state index >= 15 is 0 Å². The van der Waals surface area contributed by atoms with E-state index in [4.69, 9.17) is 16.3 Å². The first kappa shape index (κ1) is 14.8. The van der Waals surface area contributed by atoms with Crippen LogP contribution in [0.1, 0.15) is 18.9 Å². The smallest absolute Gasteiger partial charge is 0.324 e. The maximum absolute atomic E-state index is 11.8. The van der Waals surface area contributed by atoms with Gasteiger partial charge in [-0.15, -0.1) is 0 Å². The molecule has 1 aromatic rings. The van der Waals surface area contributed by atoms with Crippen molar-refractivity contribution in [1.82, 2.24) is 10.2 Å². The fourth-order valence-electron chi connectivity index (χ4n) is 1.99. The third-order valence-electron chi connectivity index (χ3n) is 3.16. The van der Waals surface area contributed by atoms with E-state index in [1.807, 2.05) is 19.1 Å². The second-order valence-electron chi connectivity index (χ2n) is 4.58. The number of amides is 3. The molecule has 0 aliphatic carbocycles. The van der Waals surface area contributed by atoms with Gasteiger partial charge in [0.25, 0.3) is 5.91 Å². The lowest BCUT2D eigenvalue weighted by molar-refractivity contribution is -0.128. The lowest BCUT2D eigenvalue weighted by atomic mass is 10.2. The summed E-state index contributed by atoms with van der Waals surface area (Å²) in [6, 6.07) is 6.62. The van der Waals surface area contributed by atoms with E-state index in [9.17, 15) is 9.59 Å². The highest BCUT2D eigenvalue weighted by atomic mass is 35.5. The van der Waals surface area contributed by atoms with Crippen molar-refractivity contribution in [2.24, 2.45) is 0 Å². The van der Waals surface area contributed by atoms with Crippen molar-refractivity contribution < 1.29 is 14.3 Å². The summed E-state index contributed by atoms with van der Waals surface area (Å²) in [6.07, 6.45) is 0.604. The highest BCUT2D eigenvalue weighted by Gasteiger charge is 2.36. The summed E-state index contributed by atoms with van der Waals surface area (Å²) in [5, 5.41) is 3.31. The zero-order valence-corrected chi connectivity index (χ0v) is 12.0. The Balaban J connectivity index is 1.75. The molecule has 0 saturated carbocycles. The van der Waals surface area contributed by atoms with E-state index in [-0.39, 0.29) is 18.5 Å². The quantitative estimate of drug-likeness (QED) is 0.646. The summed E-state index contributed by atoms with van der Waals surface area (Å²) in [4.78, 5) is 24.6. The van der Waals surface area contributed by atoms with Gasteiger partial charge in [-0.25, -0.2) is 4.79 Å². The van der Waals surface area contributed by atoms with Crippen LogP contribution in [0.25, 0.3) is 0 Å². The van der Waals surface area contributed by atoms with Gasteiger partial charge in [-0.3, -0.25) is 9.69 Å². The zero-order valence-electron chi connectivity index (χ0n) is 11.3. The number of imide groups is 1. The minimum atomic E-state index is -0.390. The number of ether oxygens (including phenoxy) is 1. The number of urea groups is 1. The lowest BCUT2D eigenvalue weighted by Crippen LogP contribution is -2.34. The van der Waals surface area contributed by atoms with Crippen molar-refractivity contribution in [3.05, 3.63) is 34.9 Å². The molecule has 0 bridgehead atoms. The maximum atomic E-state index is 11.8. The fourth-order valence-corrected chi connectivity index (χ4v) is 2.12. The van der Waals surface area contributed by atoms with Crippen molar-refractivity contribution in [2.75, 3.05) is 13.2 Å². The lowest BCUT2D eigenvalue weighted by Gasteiger charge is -2.13. The van der Waals surface area contributed by atoms with Crippen LogP contribution >= 0.6 is 11.6 Å². The van der Waals surface area contributed by atoms with E-state index in [1.54, 1.807) is 12.1 Å². The Morgan fingerprint density at radius 3 is 2.60 bits per heavy atom. The van der Waals surface area contributed by atoms with Gasteiger partial charge in [0, 0.05) is 5.02 Å². The molecule has 0 aromatic heterocycles. The van der Waals surface area contributed by atoms with Gasteiger partial charge >= 0.3 is 6.03 Å². The molecule has 0 spiro atoms. The zero-order chi connectivity index (χ0) is 14.5. The SMILES string of the molecule is CC[C@@H]1NC(=O)N(CCOCc2ccc(Cl)cc2)C1=O. The topological polar surface area (TPSA) is 58.6 Å². The molecule has 1 atom stereocenters. The molecule has 1 aromatic carbocycles. The molecule has 1 aliphatic rings. The largest absolute Gasteiger partial charge is 0.375 e. The molecule has 108 valence electrons. The first-order chi connectivity index (χ1) is 9.61. The molecule has 3 amide bonds. The van der Waals surface area contributed by atoms with Gasteiger partial charge in [0.15, 0.2) is 0 Å². The number of benzene rings is 1. The van der Waals surface area contributed by atoms with Gasteiger partial charge in [-0.05, 0) is 24.1 Å². The molecule has 1 N–H and O–H groups in total. The molecule has 0 unspecified atom stereocenters. The number of halogens is 1. The number of carbonyl (C=O) groups is 2. The number of hydrogen-bond acceptors (Lipinski definition) is 3. The highest BCUT2D eigenvalue weighted by Crippen LogP contribution is 2.11.